The molecule has 0 aromatic carbocycles. The van der Waals surface area contributed by atoms with Crippen LogP contribution in [0.15, 0.2) is 85.1 Å². The second-order valence-electron chi connectivity index (χ2n) is 14.6. The third kappa shape index (κ3) is 44.3. The molecular weight excluding hydrogens is 750 g/mol. The first-order chi connectivity index (χ1) is 28.3. The molecule has 0 aliphatic heterocycles. The highest BCUT2D eigenvalue weighted by Gasteiger charge is 2.23. The van der Waals surface area contributed by atoms with Crippen molar-refractivity contribution in [3.05, 3.63) is 85.1 Å². The zero-order valence-electron chi connectivity index (χ0n) is 36.5. The van der Waals surface area contributed by atoms with Gasteiger partial charge in [-0.1, -0.05) is 182 Å². The van der Waals surface area contributed by atoms with Crippen LogP contribution in [0.25, 0.3) is 0 Å². The summed E-state index contributed by atoms with van der Waals surface area (Å²) in [6, 6.07) is 0. The number of allylic oxidation sites excluding steroid dienone is 14. The Labute approximate surface area is 353 Å². The van der Waals surface area contributed by atoms with E-state index in [1.807, 2.05) is 6.08 Å². The van der Waals surface area contributed by atoms with E-state index in [-0.39, 0.29) is 32.1 Å². The Morgan fingerprint density at radius 2 is 0.983 bits per heavy atom. The topological polar surface area (TPSA) is 131 Å². The number of hydrogen-bond acceptors (Lipinski definition) is 7. The number of aliphatic hydroxyl groups is 1. The number of ether oxygens (including phenoxy) is 1. The summed E-state index contributed by atoms with van der Waals surface area (Å²) < 4.78 is 26.8. The number of unbranched alkanes of at least 4 members (excludes halogenated alkanes) is 14. The minimum absolute atomic E-state index is 0.0726. The highest BCUT2D eigenvalue weighted by Crippen LogP contribution is 2.42. The van der Waals surface area contributed by atoms with Crippen LogP contribution in [0.4, 0.5) is 0 Å². The fraction of sp³-hybridized carbons (Fsp3) is 0.667. The van der Waals surface area contributed by atoms with Crippen LogP contribution >= 0.6 is 7.82 Å². The zero-order chi connectivity index (χ0) is 42.5. The van der Waals surface area contributed by atoms with Gasteiger partial charge in [-0.3, -0.25) is 18.6 Å². The van der Waals surface area contributed by atoms with Gasteiger partial charge in [0.25, 0.3) is 0 Å². The molecule has 0 bridgehead atoms. The lowest BCUT2D eigenvalue weighted by molar-refractivity contribution is -0.147. The Balaban J connectivity index is 3.72. The molecule has 9 nitrogen and oxygen atoms in total. The van der Waals surface area contributed by atoms with Gasteiger partial charge in [0.15, 0.2) is 0 Å². The molecule has 3 N–H and O–H groups in total. The lowest BCUT2D eigenvalue weighted by Gasteiger charge is -2.15. The Morgan fingerprint density at radius 1 is 0.552 bits per heavy atom. The quantitative estimate of drug-likeness (QED) is 0.0240. The molecule has 10 heteroatoms. The molecular formula is C48H82NO8P. The number of carbonyl (C=O) groups excluding carboxylic acids is 2. The van der Waals surface area contributed by atoms with E-state index in [1.165, 1.54) is 70.6 Å². The second-order valence-corrected chi connectivity index (χ2v) is 16.1. The Morgan fingerprint density at radius 3 is 1.45 bits per heavy atom. The molecule has 0 radical (unpaired) electrons. The monoisotopic (exact) mass is 832 g/mol. The van der Waals surface area contributed by atoms with E-state index in [2.05, 4.69) is 98.2 Å². The van der Waals surface area contributed by atoms with Crippen LogP contribution in [0.1, 0.15) is 174 Å². The molecule has 0 heterocycles. The molecule has 0 aromatic heterocycles. The number of nitrogens with one attached hydrogen (secondary N) is 1. The SMILES string of the molecule is CC/C=C\C/C=C\C/C=C\C/C=C\C/C=C\C/C=C\C/C=C\CCCC(=O)OCC(O)COP(=O)(O)OCCNC(=O)CCCCCCCCCCCCCCCC. The highest BCUT2D eigenvalue weighted by atomic mass is 31.2. The number of phosphoric acid groups is 1. The van der Waals surface area contributed by atoms with Crippen molar-refractivity contribution in [1.82, 2.24) is 5.32 Å². The predicted molar refractivity (Wildman–Crippen MR) is 242 cm³/mol. The minimum atomic E-state index is -4.43. The smallest absolute Gasteiger partial charge is 0.463 e. The van der Waals surface area contributed by atoms with Crippen molar-refractivity contribution in [2.24, 2.45) is 0 Å². The molecule has 0 aromatic rings. The molecule has 2 unspecified atom stereocenters. The summed E-state index contributed by atoms with van der Waals surface area (Å²) in [6.07, 6.45) is 55.2. The van der Waals surface area contributed by atoms with Crippen molar-refractivity contribution in [2.75, 3.05) is 26.4 Å². The number of aliphatic hydroxyl groups excluding tert-OH is 1. The zero-order valence-corrected chi connectivity index (χ0v) is 37.4. The molecule has 1 amide bonds. The van der Waals surface area contributed by atoms with Gasteiger partial charge in [0.05, 0.1) is 13.2 Å². The number of rotatable bonds is 41. The summed E-state index contributed by atoms with van der Waals surface area (Å²) in [5, 5.41) is 12.7. The molecule has 0 saturated carbocycles. The van der Waals surface area contributed by atoms with Gasteiger partial charge in [-0.2, -0.15) is 0 Å². The Hall–Kier alpha value is -2.81. The summed E-state index contributed by atoms with van der Waals surface area (Å²) in [7, 11) is -4.43. The first kappa shape index (κ1) is 55.2. The number of hydrogen-bond donors (Lipinski definition) is 3. The van der Waals surface area contributed by atoms with Crippen molar-refractivity contribution in [3.63, 3.8) is 0 Å². The molecule has 0 aliphatic carbocycles. The van der Waals surface area contributed by atoms with Crippen molar-refractivity contribution in [1.29, 1.82) is 0 Å². The van der Waals surface area contributed by atoms with Gasteiger partial charge in [0.2, 0.25) is 5.91 Å². The van der Waals surface area contributed by atoms with Gasteiger partial charge < -0.3 is 20.1 Å². The van der Waals surface area contributed by atoms with Crippen LogP contribution in [-0.4, -0.2) is 54.3 Å². The first-order valence-corrected chi connectivity index (χ1v) is 24.1. The van der Waals surface area contributed by atoms with Gasteiger partial charge in [-0.15, -0.1) is 0 Å². The summed E-state index contributed by atoms with van der Waals surface area (Å²) in [6.45, 7) is 3.37. The third-order valence-electron chi connectivity index (χ3n) is 9.09. The molecule has 0 rings (SSSR count). The van der Waals surface area contributed by atoms with E-state index in [0.717, 1.165) is 70.6 Å². The van der Waals surface area contributed by atoms with Crippen molar-refractivity contribution in [2.45, 2.75) is 180 Å². The van der Waals surface area contributed by atoms with Crippen LogP contribution in [0.5, 0.6) is 0 Å². The summed E-state index contributed by atoms with van der Waals surface area (Å²) in [4.78, 5) is 33.9. The molecule has 0 saturated heterocycles. The average Bonchev–Trinajstić information content (AvgIpc) is 3.21. The number of carbonyl (C=O) groups is 2. The van der Waals surface area contributed by atoms with E-state index < -0.39 is 26.5 Å². The van der Waals surface area contributed by atoms with Gasteiger partial charge in [0.1, 0.15) is 12.7 Å². The van der Waals surface area contributed by atoms with Crippen molar-refractivity contribution < 1.29 is 37.9 Å². The molecule has 0 aliphatic rings. The number of phosphoric ester groups is 1. The summed E-state index contributed by atoms with van der Waals surface area (Å²) in [5.41, 5.74) is 0. The minimum Gasteiger partial charge on any atom is -0.463 e. The van der Waals surface area contributed by atoms with Gasteiger partial charge in [-0.05, 0) is 64.2 Å². The lowest BCUT2D eigenvalue weighted by Crippen LogP contribution is -2.27. The van der Waals surface area contributed by atoms with Crippen LogP contribution in [0, 0.1) is 0 Å². The Bertz CT molecular complexity index is 1220. The molecule has 0 fully saturated rings. The maximum absolute atomic E-state index is 12.1. The van der Waals surface area contributed by atoms with E-state index in [4.69, 9.17) is 13.8 Å². The third-order valence-corrected chi connectivity index (χ3v) is 10.1. The summed E-state index contributed by atoms with van der Waals surface area (Å²) >= 11 is 0. The number of esters is 1. The fourth-order valence-corrected chi connectivity index (χ4v) is 6.48. The van der Waals surface area contributed by atoms with Gasteiger partial charge in [-0.25, -0.2) is 4.57 Å². The fourth-order valence-electron chi connectivity index (χ4n) is 5.72. The van der Waals surface area contributed by atoms with Crippen LogP contribution < -0.4 is 5.32 Å². The number of amides is 1. The standard InChI is InChI=1S/C48H82NO8P/c1-3-5-7-9-11-13-15-17-19-20-21-22-23-24-25-26-27-29-31-33-35-37-39-41-48(52)55-44-46(50)45-57-58(53,54)56-43-42-49-47(51)40-38-36-34-32-30-28-18-16-14-12-10-8-6-4-2/h5,7,11,13,17,19,21-22,24-25,27,29,33,35,46,50H,3-4,6,8-10,12,14-16,18,20,23,26,28,30-32,34,36-45H2,1-2H3,(H,49,51)(H,53,54)/b7-5-,13-11-,19-17-,22-21-,25-24-,29-27-,35-33-. The largest absolute Gasteiger partial charge is 0.472 e. The van der Waals surface area contributed by atoms with E-state index in [0.29, 0.717) is 12.8 Å². The van der Waals surface area contributed by atoms with Gasteiger partial charge in [0, 0.05) is 19.4 Å². The highest BCUT2D eigenvalue weighted by molar-refractivity contribution is 7.47. The van der Waals surface area contributed by atoms with E-state index in [9.17, 15) is 24.2 Å². The molecule has 2 atom stereocenters. The maximum atomic E-state index is 12.1. The van der Waals surface area contributed by atoms with Crippen LogP contribution in [0.3, 0.4) is 0 Å². The first-order valence-electron chi connectivity index (χ1n) is 22.6. The Kier molecular flexibility index (Phi) is 41.6. The van der Waals surface area contributed by atoms with Crippen molar-refractivity contribution in [3.8, 4) is 0 Å². The van der Waals surface area contributed by atoms with Crippen LogP contribution in [-0.2, 0) is 27.9 Å². The lowest BCUT2D eigenvalue weighted by atomic mass is 10.0. The van der Waals surface area contributed by atoms with E-state index in [1.54, 1.807) is 0 Å². The maximum Gasteiger partial charge on any atom is 0.472 e. The molecule has 58 heavy (non-hydrogen) atoms. The summed E-state index contributed by atoms with van der Waals surface area (Å²) in [5.74, 6) is -0.580. The predicted octanol–water partition coefficient (Wildman–Crippen LogP) is 12.8. The van der Waals surface area contributed by atoms with E-state index >= 15 is 0 Å². The van der Waals surface area contributed by atoms with Gasteiger partial charge >= 0.3 is 13.8 Å². The molecule has 0 spiro atoms. The normalized spacial score (nSPS) is 14.1. The average molecular weight is 832 g/mol. The molecule has 332 valence electrons. The van der Waals surface area contributed by atoms with Crippen LogP contribution in [0.2, 0.25) is 0 Å². The second kappa shape index (κ2) is 43.8. The van der Waals surface area contributed by atoms with Crippen molar-refractivity contribution >= 4 is 19.7 Å².